The van der Waals surface area contributed by atoms with Gasteiger partial charge in [-0.1, -0.05) is 12.1 Å². The van der Waals surface area contributed by atoms with Gasteiger partial charge in [0.1, 0.15) is 24.2 Å². The molecule has 0 aliphatic rings. The summed E-state index contributed by atoms with van der Waals surface area (Å²) < 4.78 is 5.48. The van der Waals surface area contributed by atoms with E-state index in [0.717, 1.165) is 11.6 Å². The predicted octanol–water partition coefficient (Wildman–Crippen LogP) is 1.29. The molecule has 4 heteroatoms. The Morgan fingerprint density at radius 2 is 2.13 bits per heavy atom. The van der Waals surface area contributed by atoms with Crippen molar-refractivity contribution in [3.8, 4) is 5.75 Å². The lowest BCUT2D eigenvalue weighted by Crippen LogP contribution is -2.04. The van der Waals surface area contributed by atoms with Crippen LogP contribution in [-0.2, 0) is 6.42 Å². The van der Waals surface area contributed by atoms with Crippen LogP contribution in [0.5, 0.6) is 5.75 Å². The minimum absolute atomic E-state index is 0.557. The Hall–Kier alpha value is -1.97. The van der Waals surface area contributed by atoms with E-state index in [1.54, 1.807) is 6.07 Å². The summed E-state index contributed by atoms with van der Waals surface area (Å²) in [6.45, 7) is 0.557. The summed E-state index contributed by atoms with van der Waals surface area (Å²) in [5.74, 6) is 1.55. The number of aromatic nitrogens is 3. The molecular weight excluding hydrogens is 190 g/mol. The number of rotatable bonds is 4. The first-order valence-electron chi connectivity index (χ1n) is 4.65. The molecule has 0 spiro atoms. The van der Waals surface area contributed by atoms with E-state index in [1.807, 2.05) is 18.2 Å². The van der Waals surface area contributed by atoms with Crippen molar-refractivity contribution in [1.29, 1.82) is 0 Å². The largest absolute Gasteiger partial charge is 0.493 e. The molecule has 0 unspecified atom stereocenters. The van der Waals surface area contributed by atoms with Crippen LogP contribution in [0.1, 0.15) is 5.82 Å². The number of hydrogen-bond acceptors (Lipinski definition) is 4. The molecule has 1 aromatic heterocycles. The molecule has 0 bridgehead atoms. The topological polar surface area (TPSA) is 47.9 Å². The maximum absolute atomic E-state index is 5.48. The summed E-state index contributed by atoms with van der Waals surface area (Å²) in [5, 5.41) is 0. The highest BCUT2D eigenvalue weighted by Gasteiger charge is 1.96. The molecule has 75 valence electrons. The van der Waals surface area contributed by atoms with Gasteiger partial charge in [0.25, 0.3) is 0 Å². The monoisotopic (exact) mass is 200 g/mol. The second kappa shape index (κ2) is 5.05. The highest BCUT2D eigenvalue weighted by atomic mass is 16.5. The van der Waals surface area contributed by atoms with E-state index in [0.29, 0.717) is 13.0 Å². The maximum Gasteiger partial charge on any atom is 0.135 e. The van der Waals surface area contributed by atoms with Crippen LogP contribution < -0.4 is 4.74 Å². The second-order valence-electron chi connectivity index (χ2n) is 2.89. The molecule has 0 N–H and O–H groups in total. The SMILES string of the molecule is [c]1cccc(OCCc2ncncn2)c1. The lowest BCUT2D eigenvalue weighted by Gasteiger charge is -2.03. The fourth-order valence-electron chi connectivity index (χ4n) is 1.12. The Labute approximate surface area is 88.0 Å². The fourth-order valence-corrected chi connectivity index (χ4v) is 1.12. The van der Waals surface area contributed by atoms with Crippen LogP contribution >= 0.6 is 0 Å². The Kier molecular flexibility index (Phi) is 3.22. The third-order valence-corrected chi connectivity index (χ3v) is 1.82. The minimum Gasteiger partial charge on any atom is -0.493 e. The molecule has 0 amide bonds. The van der Waals surface area contributed by atoms with E-state index < -0.39 is 0 Å². The van der Waals surface area contributed by atoms with Crippen LogP contribution in [0.15, 0.2) is 36.9 Å². The minimum atomic E-state index is 0.557. The van der Waals surface area contributed by atoms with E-state index in [4.69, 9.17) is 4.74 Å². The first-order chi connectivity index (χ1) is 7.45. The van der Waals surface area contributed by atoms with Crippen LogP contribution in [0.3, 0.4) is 0 Å². The molecule has 1 radical (unpaired) electrons. The van der Waals surface area contributed by atoms with Crippen LogP contribution in [0.25, 0.3) is 0 Å². The van der Waals surface area contributed by atoms with Crippen molar-refractivity contribution < 1.29 is 4.74 Å². The molecule has 15 heavy (non-hydrogen) atoms. The Morgan fingerprint density at radius 3 is 2.87 bits per heavy atom. The Bertz CT molecular complexity index is 352. The van der Waals surface area contributed by atoms with Gasteiger partial charge in [-0.05, 0) is 18.2 Å². The summed E-state index contributed by atoms with van der Waals surface area (Å²) in [5.41, 5.74) is 0. The summed E-state index contributed by atoms with van der Waals surface area (Å²) in [6.07, 6.45) is 3.65. The standard InChI is InChI=1S/C11H10N3O/c1-2-4-10(5-3-1)15-7-6-11-13-8-12-9-14-11/h1-2,4-5,8-9H,6-7H2. The molecule has 4 nitrogen and oxygen atoms in total. The van der Waals surface area contributed by atoms with Gasteiger partial charge in [0.15, 0.2) is 0 Å². The van der Waals surface area contributed by atoms with Gasteiger partial charge in [-0.25, -0.2) is 15.0 Å². The smallest absolute Gasteiger partial charge is 0.135 e. The molecule has 2 rings (SSSR count). The summed E-state index contributed by atoms with van der Waals surface area (Å²) in [7, 11) is 0. The Morgan fingerprint density at radius 1 is 1.27 bits per heavy atom. The van der Waals surface area contributed by atoms with Gasteiger partial charge in [-0.3, -0.25) is 0 Å². The van der Waals surface area contributed by atoms with Crippen LogP contribution in [0, 0.1) is 6.07 Å². The zero-order valence-corrected chi connectivity index (χ0v) is 8.13. The molecular formula is C11H10N3O. The van der Waals surface area contributed by atoms with Crippen molar-refractivity contribution in [2.45, 2.75) is 6.42 Å². The molecule has 0 saturated carbocycles. The first kappa shape index (κ1) is 9.58. The molecule has 0 fully saturated rings. The highest BCUT2D eigenvalue weighted by molar-refractivity contribution is 5.19. The van der Waals surface area contributed by atoms with E-state index in [-0.39, 0.29) is 0 Å². The highest BCUT2D eigenvalue weighted by Crippen LogP contribution is 2.07. The average molecular weight is 200 g/mol. The van der Waals surface area contributed by atoms with E-state index in [2.05, 4.69) is 21.0 Å². The summed E-state index contributed by atoms with van der Waals surface area (Å²) in [4.78, 5) is 11.7. The quantitative estimate of drug-likeness (QED) is 0.746. The van der Waals surface area contributed by atoms with Crippen molar-refractivity contribution in [3.63, 3.8) is 0 Å². The van der Waals surface area contributed by atoms with Gasteiger partial charge in [-0.2, -0.15) is 0 Å². The van der Waals surface area contributed by atoms with Gasteiger partial charge in [0.2, 0.25) is 0 Å². The predicted molar refractivity (Wildman–Crippen MR) is 54.3 cm³/mol. The Balaban J connectivity index is 1.81. The van der Waals surface area contributed by atoms with Gasteiger partial charge >= 0.3 is 0 Å². The fraction of sp³-hybridized carbons (Fsp3) is 0.182. The van der Waals surface area contributed by atoms with Gasteiger partial charge < -0.3 is 4.74 Å². The van der Waals surface area contributed by atoms with Gasteiger partial charge in [0, 0.05) is 6.42 Å². The lowest BCUT2D eigenvalue weighted by atomic mass is 10.3. The van der Waals surface area contributed by atoms with Crippen LogP contribution in [0.4, 0.5) is 0 Å². The number of ether oxygens (including phenoxy) is 1. The second-order valence-corrected chi connectivity index (χ2v) is 2.89. The molecule has 1 aromatic carbocycles. The third-order valence-electron chi connectivity index (χ3n) is 1.82. The molecule has 0 aliphatic heterocycles. The lowest BCUT2D eigenvalue weighted by molar-refractivity contribution is 0.318. The van der Waals surface area contributed by atoms with Gasteiger partial charge in [-0.15, -0.1) is 0 Å². The third kappa shape index (κ3) is 3.02. The maximum atomic E-state index is 5.48. The van der Waals surface area contributed by atoms with Crippen molar-refractivity contribution in [2.24, 2.45) is 0 Å². The van der Waals surface area contributed by atoms with Crippen LogP contribution in [0.2, 0.25) is 0 Å². The molecule has 0 aliphatic carbocycles. The van der Waals surface area contributed by atoms with Crippen molar-refractivity contribution in [1.82, 2.24) is 15.0 Å². The van der Waals surface area contributed by atoms with E-state index in [9.17, 15) is 0 Å². The van der Waals surface area contributed by atoms with Crippen molar-refractivity contribution in [2.75, 3.05) is 6.61 Å². The molecule has 0 atom stereocenters. The van der Waals surface area contributed by atoms with E-state index >= 15 is 0 Å². The van der Waals surface area contributed by atoms with Crippen LogP contribution in [-0.4, -0.2) is 21.6 Å². The zero-order chi connectivity index (χ0) is 10.3. The number of nitrogens with zero attached hydrogens (tertiary/aromatic N) is 3. The zero-order valence-electron chi connectivity index (χ0n) is 8.13. The molecule has 1 heterocycles. The average Bonchev–Trinajstić information content (AvgIpc) is 2.32. The van der Waals surface area contributed by atoms with E-state index in [1.165, 1.54) is 12.7 Å². The molecule has 2 aromatic rings. The molecule has 0 saturated heterocycles. The first-order valence-corrected chi connectivity index (χ1v) is 4.65. The van der Waals surface area contributed by atoms with Gasteiger partial charge in [0.05, 0.1) is 6.61 Å². The summed E-state index contributed by atoms with van der Waals surface area (Å²) >= 11 is 0. The normalized spacial score (nSPS) is 9.87. The van der Waals surface area contributed by atoms with Crippen molar-refractivity contribution in [3.05, 3.63) is 48.8 Å². The number of hydrogen-bond donors (Lipinski definition) is 0. The van der Waals surface area contributed by atoms with Crippen molar-refractivity contribution >= 4 is 0 Å². The summed E-state index contributed by atoms with van der Waals surface area (Å²) in [6, 6.07) is 10.4. The number of benzene rings is 1.